The lowest BCUT2D eigenvalue weighted by Gasteiger charge is -2.11. The number of hydrogen-bond acceptors (Lipinski definition) is 4. The topological polar surface area (TPSA) is 54.1 Å². The predicted octanol–water partition coefficient (Wildman–Crippen LogP) is 8.97. The summed E-state index contributed by atoms with van der Waals surface area (Å²) in [5.74, 6) is 3.38. The van der Waals surface area contributed by atoms with E-state index < -0.39 is 0 Å². The molecule has 44 heavy (non-hydrogen) atoms. The fourth-order valence-electron chi connectivity index (χ4n) is 6.42. The van der Waals surface area contributed by atoms with Gasteiger partial charge in [-0.1, -0.05) is 23.3 Å². The quantitative estimate of drug-likeness (QED) is 0.206. The minimum Gasteiger partial charge on any atom is -0.497 e. The number of rotatable bonds is 5. The van der Waals surface area contributed by atoms with Gasteiger partial charge < -0.3 is 9.47 Å². The summed E-state index contributed by atoms with van der Waals surface area (Å²) in [6, 6.07) is 34.0. The van der Waals surface area contributed by atoms with Crippen LogP contribution >= 0.6 is 0 Å². The van der Waals surface area contributed by atoms with E-state index >= 15 is 0 Å². The van der Waals surface area contributed by atoms with Crippen LogP contribution in [0.3, 0.4) is 0 Å². The molecule has 8 rings (SSSR count). The van der Waals surface area contributed by atoms with Gasteiger partial charge in [0, 0.05) is 33.9 Å². The number of aryl methyl sites for hydroxylation is 2. The second-order valence-corrected chi connectivity index (χ2v) is 11.3. The maximum atomic E-state index is 5.57. The van der Waals surface area contributed by atoms with Crippen molar-refractivity contribution in [1.29, 1.82) is 0 Å². The molecular formula is C38H30N4O2. The van der Waals surface area contributed by atoms with E-state index in [1.807, 2.05) is 24.5 Å². The Morgan fingerprint density at radius 1 is 0.455 bits per heavy atom. The third-order valence-electron chi connectivity index (χ3n) is 8.54. The molecule has 0 aliphatic heterocycles. The van der Waals surface area contributed by atoms with Gasteiger partial charge in [-0.25, -0.2) is 9.97 Å². The molecule has 0 aliphatic rings. The van der Waals surface area contributed by atoms with Crippen molar-refractivity contribution >= 4 is 43.6 Å². The number of nitrogens with zero attached hydrogens (tertiary/aromatic N) is 4. The first-order valence-corrected chi connectivity index (χ1v) is 14.6. The molecule has 8 aromatic rings. The summed E-state index contributed by atoms with van der Waals surface area (Å²) in [5, 5.41) is 4.63. The zero-order chi connectivity index (χ0) is 29.9. The molecule has 4 aromatic heterocycles. The van der Waals surface area contributed by atoms with Crippen molar-refractivity contribution in [2.24, 2.45) is 0 Å². The largest absolute Gasteiger partial charge is 0.497 e. The lowest BCUT2D eigenvalue weighted by molar-refractivity contribution is 0.415. The van der Waals surface area contributed by atoms with Crippen molar-refractivity contribution in [2.75, 3.05) is 14.2 Å². The molecule has 6 nitrogen and oxygen atoms in total. The Balaban J connectivity index is 1.30. The minimum absolute atomic E-state index is 0.836. The molecule has 4 aromatic carbocycles. The maximum Gasteiger partial charge on any atom is 0.138 e. The van der Waals surface area contributed by atoms with Crippen molar-refractivity contribution in [3.05, 3.63) is 121 Å². The molecule has 0 unspecified atom stereocenters. The number of aromatic nitrogens is 4. The smallest absolute Gasteiger partial charge is 0.138 e. The Morgan fingerprint density at radius 2 is 0.841 bits per heavy atom. The van der Waals surface area contributed by atoms with E-state index in [1.54, 1.807) is 14.2 Å². The van der Waals surface area contributed by atoms with Crippen LogP contribution in [0.5, 0.6) is 11.5 Å². The number of pyridine rings is 2. The van der Waals surface area contributed by atoms with Gasteiger partial charge in [0.1, 0.15) is 23.1 Å². The maximum absolute atomic E-state index is 5.57. The monoisotopic (exact) mass is 574 g/mol. The van der Waals surface area contributed by atoms with Gasteiger partial charge in [0.25, 0.3) is 0 Å². The van der Waals surface area contributed by atoms with Crippen molar-refractivity contribution in [3.63, 3.8) is 0 Å². The molecule has 0 radical (unpaired) electrons. The molecule has 0 fully saturated rings. The van der Waals surface area contributed by atoms with Gasteiger partial charge in [0.05, 0.1) is 36.3 Å². The molecule has 214 valence electrons. The summed E-state index contributed by atoms with van der Waals surface area (Å²) in [6.07, 6.45) is 3.77. The van der Waals surface area contributed by atoms with Gasteiger partial charge in [0.15, 0.2) is 0 Å². The zero-order valence-electron chi connectivity index (χ0n) is 25.0. The van der Waals surface area contributed by atoms with Crippen LogP contribution in [0.4, 0.5) is 0 Å². The molecule has 0 saturated heterocycles. The summed E-state index contributed by atoms with van der Waals surface area (Å²) in [5.41, 5.74) is 8.93. The Labute approximate surface area is 254 Å². The summed E-state index contributed by atoms with van der Waals surface area (Å²) in [4.78, 5) is 9.70. The number of ether oxygens (including phenoxy) is 2. The number of fused-ring (bicyclic) bond motifs is 6. The Kier molecular flexibility index (Phi) is 5.91. The molecule has 4 heterocycles. The molecule has 6 heteroatoms. The summed E-state index contributed by atoms with van der Waals surface area (Å²) < 4.78 is 15.6. The van der Waals surface area contributed by atoms with Crippen LogP contribution in [0.1, 0.15) is 11.1 Å². The number of methoxy groups -OCH3 is 2. The fraction of sp³-hybridized carbons (Fsp3) is 0.105. The van der Waals surface area contributed by atoms with Crippen LogP contribution in [-0.4, -0.2) is 33.3 Å². The van der Waals surface area contributed by atoms with Gasteiger partial charge >= 0.3 is 0 Å². The van der Waals surface area contributed by atoms with E-state index in [9.17, 15) is 0 Å². The molecule has 0 spiro atoms. The van der Waals surface area contributed by atoms with Crippen molar-refractivity contribution < 1.29 is 9.47 Å². The first-order chi connectivity index (χ1) is 21.5. The van der Waals surface area contributed by atoms with Crippen molar-refractivity contribution in [3.8, 4) is 34.3 Å². The van der Waals surface area contributed by atoms with Gasteiger partial charge in [-0.05, 0) is 110 Å². The Hall–Kier alpha value is -5.62. The number of benzene rings is 4. The lowest BCUT2D eigenvalue weighted by Crippen LogP contribution is -1.99. The van der Waals surface area contributed by atoms with E-state index in [1.165, 1.54) is 21.9 Å². The van der Waals surface area contributed by atoms with E-state index in [0.717, 1.165) is 67.1 Å². The van der Waals surface area contributed by atoms with Crippen LogP contribution in [0.25, 0.3) is 66.4 Å². The Bertz CT molecular complexity index is 2230. The minimum atomic E-state index is 0.836. The SMILES string of the molecule is COc1ccc2c(c1)c1cc(C)ccc1n2-c1cc(-c2ccnc(-n3c4ccc(C)cc4c4cc(OC)ccc43)c2)ccn1. The summed E-state index contributed by atoms with van der Waals surface area (Å²) in [7, 11) is 3.41. The van der Waals surface area contributed by atoms with E-state index in [2.05, 4.69) is 108 Å². The highest BCUT2D eigenvalue weighted by Crippen LogP contribution is 2.37. The van der Waals surface area contributed by atoms with Crippen LogP contribution in [0, 0.1) is 13.8 Å². The van der Waals surface area contributed by atoms with E-state index in [-0.39, 0.29) is 0 Å². The molecule has 0 saturated carbocycles. The van der Waals surface area contributed by atoms with Gasteiger partial charge in [-0.15, -0.1) is 0 Å². The highest BCUT2D eigenvalue weighted by atomic mass is 16.5. The molecular weight excluding hydrogens is 544 g/mol. The highest BCUT2D eigenvalue weighted by Gasteiger charge is 2.17. The van der Waals surface area contributed by atoms with Gasteiger partial charge in [0.2, 0.25) is 0 Å². The fourth-order valence-corrected chi connectivity index (χ4v) is 6.42. The molecule has 0 N–H and O–H groups in total. The first-order valence-electron chi connectivity index (χ1n) is 14.6. The van der Waals surface area contributed by atoms with E-state index in [0.29, 0.717) is 0 Å². The van der Waals surface area contributed by atoms with Crippen molar-refractivity contribution in [2.45, 2.75) is 13.8 Å². The molecule has 0 bridgehead atoms. The average Bonchev–Trinajstić information content (AvgIpc) is 3.55. The van der Waals surface area contributed by atoms with Crippen LogP contribution in [0.2, 0.25) is 0 Å². The second-order valence-electron chi connectivity index (χ2n) is 11.3. The third-order valence-corrected chi connectivity index (χ3v) is 8.54. The van der Waals surface area contributed by atoms with Gasteiger partial charge in [-0.2, -0.15) is 0 Å². The highest BCUT2D eigenvalue weighted by molar-refractivity contribution is 6.11. The third kappa shape index (κ3) is 4.02. The Morgan fingerprint density at radius 3 is 1.25 bits per heavy atom. The molecule has 0 aliphatic carbocycles. The standard InChI is InChI=1S/C38H30N4O2/c1-23-5-9-33-29(17-23)31-21-27(43-3)7-11-35(31)41(33)37-19-25(13-15-39-37)26-14-16-40-38(20-26)42-34-10-6-24(2)18-30(34)32-22-28(44-4)8-12-36(32)42/h5-22H,1-4H3. The number of hydrogen-bond donors (Lipinski definition) is 0. The van der Waals surface area contributed by atoms with E-state index in [4.69, 9.17) is 19.4 Å². The van der Waals surface area contributed by atoms with Crippen LogP contribution in [-0.2, 0) is 0 Å². The summed E-state index contributed by atoms with van der Waals surface area (Å²) >= 11 is 0. The van der Waals surface area contributed by atoms with Crippen LogP contribution < -0.4 is 9.47 Å². The lowest BCUT2D eigenvalue weighted by atomic mass is 10.1. The second kappa shape index (κ2) is 9.99. The first kappa shape index (κ1) is 26.0. The zero-order valence-corrected chi connectivity index (χ0v) is 25.0. The molecule has 0 amide bonds. The summed E-state index contributed by atoms with van der Waals surface area (Å²) in [6.45, 7) is 4.25. The van der Waals surface area contributed by atoms with Crippen molar-refractivity contribution in [1.82, 2.24) is 19.1 Å². The molecule has 0 atom stereocenters. The predicted molar refractivity (Wildman–Crippen MR) is 179 cm³/mol. The van der Waals surface area contributed by atoms with Crippen LogP contribution in [0.15, 0.2) is 109 Å². The normalized spacial score (nSPS) is 11.6. The average molecular weight is 575 g/mol. The van der Waals surface area contributed by atoms with Gasteiger partial charge in [-0.3, -0.25) is 9.13 Å².